The Balaban J connectivity index is 2.32. The molecule has 0 bridgehead atoms. The maximum absolute atomic E-state index is 13.0. The van der Waals surface area contributed by atoms with E-state index in [0.29, 0.717) is 11.2 Å². The first-order valence-corrected chi connectivity index (χ1v) is 8.01. The van der Waals surface area contributed by atoms with Gasteiger partial charge in [-0.1, -0.05) is 32.4 Å². The third kappa shape index (κ3) is 2.38. The molecule has 1 heterocycles. The van der Waals surface area contributed by atoms with Crippen LogP contribution in [0.4, 0.5) is 0 Å². The minimum absolute atomic E-state index is 0.0445. The molecule has 1 fully saturated rings. The van der Waals surface area contributed by atoms with Gasteiger partial charge in [0.2, 0.25) is 0 Å². The second kappa shape index (κ2) is 5.13. The number of hydrogen-bond donors (Lipinski definition) is 0. The molecule has 2 atom stereocenters. The molecule has 1 aromatic heterocycles. The zero-order chi connectivity index (χ0) is 15.2. The van der Waals surface area contributed by atoms with Crippen LogP contribution in [0.5, 0.6) is 0 Å². The highest BCUT2D eigenvalue weighted by atomic mass is 35.5. The minimum Gasteiger partial charge on any atom is -0.291 e. The molecule has 0 N–H and O–H groups in total. The summed E-state index contributed by atoms with van der Waals surface area (Å²) in [6.45, 7) is 6.35. The highest BCUT2D eigenvalue weighted by Gasteiger charge is 2.38. The summed E-state index contributed by atoms with van der Waals surface area (Å²) in [6.07, 6.45) is 3.30. The van der Waals surface area contributed by atoms with Crippen LogP contribution >= 0.6 is 11.6 Å². The van der Waals surface area contributed by atoms with E-state index in [1.807, 2.05) is 35.8 Å². The summed E-state index contributed by atoms with van der Waals surface area (Å²) < 4.78 is 1.87. The molecular weight excluding hydrogens is 284 g/mol. The Morgan fingerprint density at radius 2 is 2.10 bits per heavy atom. The van der Waals surface area contributed by atoms with Gasteiger partial charge in [-0.2, -0.15) is 0 Å². The van der Waals surface area contributed by atoms with Crippen molar-refractivity contribution in [3.63, 3.8) is 0 Å². The number of benzene rings is 1. The Morgan fingerprint density at radius 3 is 2.71 bits per heavy atom. The van der Waals surface area contributed by atoms with Gasteiger partial charge >= 0.3 is 0 Å². The van der Waals surface area contributed by atoms with Crippen LogP contribution in [0.1, 0.15) is 57.3 Å². The number of nitrogens with zero attached hydrogens (tertiary/aromatic N) is 2. The van der Waals surface area contributed by atoms with E-state index in [4.69, 9.17) is 11.6 Å². The SMILES string of the molecule is CC(Cl)c1nc2ccccc2c(=O)n1C1CCCC1(C)C. The lowest BCUT2D eigenvalue weighted by Gasteiger charge is -2.31. The lowest BCUT2D eigenvalue weighted by Crippen LogP contribution is -2.34. The van der Waals surface area contributed by atoms with E-state index in [1.54, 1.807) is 0 Å². The van der Waals surface area contributed by atoms with Crippen molar-refractivity contribution >= 4 is 22.5 Å². The van der Waals surface area contributed by atoms with Gasteiger partial charge in [-0.15, -0.1) is 11.6 Å². The number of para-hydroxylation sites is 1. The number of aromatic nitrogens is 2. The van der Waals surface area contributed by atoms with Gasteiger partial charge in [0.25, 0.3) is 5.56 Å². The van der Waals surface area contributed by atoms with E-state index in [0.717, 1.165) is 24.8 Å². The molecule has 2 unspecified atom stereocenters. The van der Waals surface area contributed by atoms with Gasteiger partial charge < -0.3 is 0 Å². The van der Waals surface area contributed by atoms with Crippen LogP contribution in [-0.2, 0) is 0 Å². The van der Waals surface area contributed by atoms with Crippen molar-refractivity contribution in [2.45, 2.75) is 51.5 Å². The third-order valence-corrected chi connectivity index (χ3v) is 4.90. The highest BCUT2D eigenvalue weighted by Crippen LogP contribution is 2.46. The number of alkyl halides is 1. The summed E-state index contributed by atoms with van der Waals surface area (Å²) in [5.41, 5.74) is 0.884. The van der Waals surface area contributed by atoms with E-state index in [2.05, 4.69) is 18.8 Å². The maximum atomic E-state index is 13.0. The van der Waals surface area contributed by atoms with Crippen LogP contribution in [0.15, 0.2) is 29.1 Å². The van der Waals surface area contributed by atoms with Gasteiger partial charge in [0.1, 0.15) is 5.82 Å². The molecule has 2 aromatic rings. The zero-order valence-corrected chi connectivity index (χ0v) is 13.5. The smallest absolute Gasteiger partial charge is 0.261 e. The van der Waals surface area contributed by atoms with Gasteiger partial charge in [-0.3, -0.25) is 9.36 Å². The molecule has 1 aliphatic carbocycles. The molecule has 0 radical (unpaired) electrons. The summed E-state index contributed by atoms with van der Waals surface area (Å²) in [4.78, 5) is 17.7. The summed E-state index contributed by atoms with van der Waals surface area (Å²) in [5.74, 6) is 0.695. The molecule has 3 nitrogen and oxygen atoms in total. The first-order chi connectivity index (χ1) is 9.92. The van der Waals surface area contributed by atoms with Crippen molar-refractivity contribution in [2.24, 2.45) is 5.41 Å². The third-order valence-electron chi connectivity index (χ3n) is 4.70. The molecule has 21 heavy (non-hydrogen) atoms. The number of hydrogen-bond acceptors (Lipinski definition) is 2. The lowest BCUT2D eigenvalue weighted by molar-refractivity contribution is 0.249. The average molecular weight is 305 g/mol. The average Bonchev–Trinajstić information content (AvgIpc) is 2.78. The van der Waals surface area contributed by atoms with Gasteiger partial charge in [-0.25, -0.2) is 4.98 Å². The maximum Gasteiger partial charge on any atom is 0.261 e. The fourth-order valence-electron chi connectivity index (χ4n) is 3.53. The first kappa shape index (κ1) is 14.6. The molecular formula is C17H21ClN2O. The molecule has 1 aliphatic rings. The molecule has 112 valence electrons. The van der Waals surface area contributed by atoms with Crippen molar-refractivity contribution in [1.82, 2.24) is 9.55 Å². The van der Waals surface area contributed by atoms with E-state index in [9.17, 15) is 4.79 Å². The standard InChI is InChI=1S/C17H21ClN2O/c1-11(18)15-19-13-8-5-4-7-12(13)16(21)20(15)14-9-6-10-17(14,2)3/h4-5,7-8,11,14H,6,9-10H2,1-3H3. The summed E-state index contributed by atoms with van der Waals surface area (Å²) in [7, 11) is 0. The van der Waals surface area contributed by atoms with Crippen LogP contribution in [-0.4, -0.2) is 9.55 Å². The monoisotopic (exact) mass is 304 g/mol. The predicted molar refractivity (Wildman–Crippen MR) is 86.9 cm³/mol. The fourth-order valence-corrected chi connectivity index (χ4v) is 3.69. The highest BCUT2D eigenvalue weighted by molar-refractivity contribution is 6.20. The van der Waals surface area contributed by atoms with E-state index >= 15 is 0 Å². The van der Waals surface area contributed by atoms with Crippen molar-refractivity contribution in [2.75, 3.05) is 0 Å². The molecule has 1 saturated carbocycles. The summed E-state index contributed by atoms with van der Waals surface area (Å²) in [6, 6.07) is 7.70. The molecule has 0 amide bonds. The number of rotatable bonds is 2. The Kier molecular flexibility index (Phi) is 3.56. The van der Waals surface area contributed by atoms with Crippen LogP contribution in [0.25, 0.3) is 10.9 Å². The number of halogens is 1. The largest absolute Gasteiger partial charge is 0.291 e. The number of fused-ring (bicyclic) bond motifs is 1. The van der Waals surface area contributed by atoms with Crippen molar-refractivity contribution in [3.8, 4) is 0 Å². The van der Waals surface area contributed by atoms with Gasteiger partial charge in [0.05, 0.1) is 16.3 Å². The molecule has 0 saturated heterocycles. The normalized spacial score (nSPS) is 22.6. The van der Waals surface area contributed by atoms with Gasteiger partial charge in [0.15, 0.2) is 0 Å². The van der Waals surface area contributed by atoms with Gasteiger partial charge in [0, 0.05) is 6.04 Å². The minimum atomic E-state index is -0.279. The molecule has 4 heteroatoms. The first-order valence-electron chi connectivity index (χ1n) is 7.57. The Bertz CT molecular complexity index is 733. The Labute approximate surface area is 130 Å². The summed E-state index contributed by atoms with van der Waals surface area (Å²) >= 11 is 6.33. The van der Waals surface area contributed by atoms with Gasteiger partial charge in [-0.05, 0) is 37.3 Å². The second-order valence-electron chi connectivity index (χ2n) is 6.67. The van der Waals surface area contributed by atoms with E-state index < -0.39 is 0 Å². The predicted octanol–water partition coefficient (Wildman–Crippen LogP) is 4.45. The fraction of sp³-hybridized carbons (Fsp3) is 0.529. The molecule has 1 aromatic carbocycles. The quantitative estimate of drug-likeness (QED) is 0.768. The molecule has 3 rings (SSSR count). The lowest BCUT2D eigenvalue weighted by atomic mass is 9.87. The van der Waals surface area contributed by atoms with Crippen molar-refractivity contribution in [1.29, 1.82) is 0 Å². The zero-order valence-electron chi connectivity index (χ0n) is 12.8. The Hall–Kier alpha value is -1.35. The van der Waals surface area contributed by atoms with E-state index in [1.165, 1.54) is 0 Å². The van der Waals surface area contributed by atoms with Crippen LogP contribution in [0.2, 0.25) is 0 Å². The van der Waals surface area contributed by atoms with E-state index in [-0.39, 0.29) is 22.4 Å². The van der Waals surface area contributed by atoms with Crippen molar-refractivity contribution in [3.05, 3.63) is 40.4 Å². The summed E-state index contributed by atoms with van der Waals surface area (Å²) in [5, 5.41) is 0.403. The topological polar surface area (TPSA) is 34.9 Å². The van der Waals surface area contributed by atoms with Crippen LogP contribution in [0, 0.1) is 5.41 Å². The second-order valence-corrected chi connectivity index (χ2v) is 7.33. The molecule has 0 spiro atoms. The van der Waals surface area contributed by atoms with Crippen LogP contribution in [0.3, 0.4) is 0 Å². The Morgan fingerprint density at radius 1 is 1.38 bits per heavy atom. The van der Waals surface area contributed by atoms with Crippen molar-refractivity contribution < 1.29 is 0 Å². The van der Waals surface area contributed by atoms with Crippen LogP contribution < -0.4 is 5.56 Å². The molecule has 0 aliphatic heterocycles.